The average molecular weight is 284 g/mol. The second-order valence-corrected chi connectivity index (χ2v) is 5.67. The van der Waals surface area contributed by atoms with E-state index in [9.17, 15) is 4.79 Å². The van der Waals surface area contributed by atoms with Gasteiger partial charge in [-0.3, -0.25) is 0 Å². The quantitative estimate of drug-likeness (QED) is 0.909. The van der Waals surface area contributed by atoms with Crippen molar-refractivity contribution in [1.29, 1.82) is 0 Å². The van der Waals surface area contributed by atoms with Crippen LogP contribution in [0.2, 0.25) is 0 Å². The molecule has 3 rings (SSSR count). The van der Waals surface area contributed by atoms with Crippen LogP contribution in [0.4, 0.5) is 4.79 Å². The molecule has 1 aliphatic heterocycles. The Labute approximate surface area is 124 Å². The van der Waals surface area contributed by atoms with Gasteiger partial charge in [0.1, 0.15) is 0 Å². The Bertz CT molecular complexity index is 651. The molecule has 0 bridgehead atoms. The Hall–Kier alpha value is -2.07. The van der Waals surface area contributed by atoms with E-state index in [-0.39, 0.29) is 12.1 Å². The largest absolute Gasteiger partial charge is 0.465 e. The molecule has 21 heavy (non-hydrogen) atoms. The van der Waals surface area contributed by atoms with Crippen molar-refractivity contribution in [2.75, 3.05) is 13.1 Å². The first kappa shape index (κ1) is 13.9. The number of benzene rings is 2. The summed E-state index contributed by atoms with van der Waals surface area (Å²) in [6, 6.07) is 15.1. The molecule has 0 aromatic heterocycles. The molecule has 2 aromatic rings. The Morgan fingerprint density at radius 3 is 2.81 bits per heavy atom. The number of hydrogen-bond acceptors (Lipinski definition) is 2. The van der Waals surface area contributed by atoms with Gasteiger partial charge >= 0.3 is 6.09 Å². The second-order valence-electron chi connectivity index (χ2n) is 5.67. The number of nitrogens with one attached hydrogen (secondary N) is 1. The van der Waals surface area contributed by atoms with E-state index in [1.807, 2.05) is 6.07 Å². The van der Waals surface area contributed by atoms with Crippen LogP contribution in [0.25, 0.3) is 10.8 Å². The Morgan fingerprint density at radius 1 is 1.29 bits per heavy atom. The zero-order valence-electron chi connectivity index (χ0n) is 12.1. The molecule has 1 aliphatic rings. The highest BCUT2D eigenvalue weighted by Gasteiger charge is 2.27. The lowest BCUT2D eigenvalue weighted by Crippen LogP contribution is -2.35. The summed E-state index contributed by atoms with van der Waals surface area (Å²) in [6.45, 7) is 3.34. The first-order chi connectivity index (χ1) is 10.1. The molecule has 1 heterocycles. The van der Waals surface area contributed by atoms with Crippen LogP contribution in [-0.4, -0.2) is 35.2 Å². The lowest BCUT2D eigenvalue weighted by Gasteiger charge is -2.21. The SMILES string of the molecule is C[C@@H](NC1CCN(C(=O)O)C1)c1cccc2ccccc12. The van der Waals surface area contributed by atoms with Crippen LogP contribution in [0.3, 0.4) is 0 Å². The number of fused-ring (bicyclic) bond motifs is 1. The van der Waals surface area contributed by atoms with Crippen molar-refractivity contribution in [1.82, 2.24) is 10.2 Å². The van der Waals surface area contributed by atoms with Gasteiger partial charge in [-0.15, -0.1) is 0 Å². The van der Waals surface area contributed by atoms with Crippen molar-refractivity contribution in [3.8, 4) is 0 Å². The van der Waals surface area contributed by atoms with Gasteiger partial charge in [-0.05, 0) is 29.7 Å². The van der Waals surface area contributed by atoms with Crippen molar-refractivity contribution in [2.24, 2.45) is 0 Å². The van der Waals surface area contributed by atoms with Crippen molar-refractivity contribution in [3.05, 3.63) is 48.0 Å². The highest BCUT2D eigenvalue weighted by molar-refractivity contribution is 5.86. The summed E-state index contributed by atoms with van der Waals surface area (Å²) in [6.07, 6.45) is 0.0543. The van der Waals surface area contributed by atoms with Crippen molar-refractivity contribution in [3.63, 3.8) is 0 Å². The van der Waals surface area contributed by atoms with Crippen LogP contribution in [0, 0.1) is 0 Å². The number of amides is 1. The van der Waals surface area contributed by atoms with Gasteiger partial charge in [0, 0.05) is 25.2 Å². The number of rotatable bonds is 3. The molecular formula is C17H20N2O2. The van der Waals surface area contributed by atoms with E-state index in [1.54, 1.807) is 0 Å². The maximum atomic E-state index is 11.0. The number of likely N-dealkylation sites (tertiary alicyclic amines) is 1. The predicted octanol–water partition coefficient (Wildman–Crippen LogP) is 3.24. The lowest BCUT2D eigenvalue weighted by atomic mass is 9.99. The maximum Gasteiger partial charge on any atom is 0.407 e. The van der Waals surface area contributed by atoms with Crippen LogP contribution in [0.15, 0.2) is 42.5 Å². The minimum Gasteiger partial charge on any atom is -0.465 e. The summed E-state index contributed by atoms with van der Waals surface area (Å²) in [5.41, 5.74) is 1.27. The fourth-order valence-corrected chi connectivity index (χ4v) is 3.14. The zero-order valence-corrected chi connectivity index (χ0v) is 12.1. The van der Waals surface area contributed by atoms with Crippen LogP contribution in [0.1, 0.15) is 24.9 Å². The topological polar surface area (TPSA) is 52.6 Å². The Balaban J connectivity index is 1.76. The Morgan fingerprint density at radius 2 is 2.05 bits per heavy atom. The van der Waals surface area contributed by atoms with Crippen LogP contribution < -0.4 is 5.32 Å². The molecule has 110 valence electrons. The number of nitrogens with zero attached hydrogens (tertiary/aromatic N) is 1. The van der Waals surface area contributed by atoms with Crippen LogP contribution in [-0.2, 0) is 0 Å². The van der Waals surface area contributed by atoms with Gasteiger partial charge in [-0.1, -0.05) is 42.5 Å². The van der Waals surface area contributed by atoms with E-state index < -0.39 is 6.09 Å². The molecule has 2 N–H and O–H groups in total. The van der Waals surface area contributed by atoms with E-state index in [4.69, 9.17) is 5.11 Å². The fourth-order valence-electron chi connectivity index (χ4n) is 3.14. The van der Waals surface area contributed by atoms with Crippen molar-refractivity contribution >= 4 is 16.9 Å². The second kappa shape index (κ2) is 5.74. The van der Waals surface area contributed by atoms with Gasteiger partial charge in [0.2, 0.25) is 0 Å². The summed E-state index contributed by atoms with van der Waals surface area (Å²) < 4.78 is 0. The first-order valence-electron chi connectivity index (χ1n) is 7.37. The third-order valence-electron chi connectivity index (χ3n) is 4.23. The van der Waals surface area contributed by atoms with E-state index in [1.165, 1.54) is 21.2 Å². The molecule has 0 radical (unpaired) electrons. The average Bonchev–Trinajstić information content (AvgIpc) is 2.95. The molecule has 1 saturated heterocycles. The van der Waals surface area contributed by atoms with Crippen LogP contribution >= 0.6 is 0 Å². The molecule has 0 aliphatic carbocycles. The molecule has 1 amide bonds. The molecule has 2 atom stereocenters. The fraction of sp³-hybridized carbons (Fsp3) is 0.353. The lowest BCUT2D eigenvalue weighted by molar-refractivity contribution is 0.154. The van der Waals surface area contributed by atoms with Gasteiger partial charge in [0.25, 0.3) is 0 Å². The standard InChI is InChI=1S/C17H20N2O2/c1-12(18-14-9-10-19(11-14)17(20)21)15-8-4-6-13-5-2-3-7-16(13)15/h2-8,12,14,18H,9-11H2,1H3,(H,20,21)/t12-,14?/m1/s1. The summed E-state index contributed by atoms with van der Waals surface area (Å²) in [5.74, 6) is 0. The molecular weight excluding hydrogens is 264 g/mol. The number of carboxylic acid groups (broad SMARTS) is 1. The molecule has 1 unspecified atom stereocenters. The van der Waals surface area contributed by atoms with Crippen molar-refractivity contribution < 1.29 is 9.90 Å². The maximum absolute atomic E-state index is 11.0. The molecule has 1 fully saturated rings. The van der Waals surface area contributed by atoms with E-state index >= 15 is 0 Å². The van der Waals surface area contributed by atoms with E-state index in [0.717, 1.165) is 6.42 Å². The molecule has 2 aromatic carbocycles. The van der Waals surface area contributed by atoms with Gasteiger partial charge in [0.15, 0.2) is 0 Å². The smallest absolute Gasteiger partial charge is 0.407 e. The summed E-state index contributed by atoms with van der Waals surface area (Å²) in [5, 5.41) is 15.1. The van der Waals surface area contributed by atoms with Gasteiger partial charge in [0.05, 0.1) is 0 Å². The summed E-state index contributed by atoms with van der Waals surface area (Å²) in [7, 11) is 0. The highest BCUT2D eigenvalue weighted by atomic mass is 16.4. The first-order valence-corrected chi connectivity index (χ1v) is 7.37. The third-order valence-corrected chi connectivity index (χ3v) is 4.23. The van der Waals surface area contributed by atoms with E-state index in [0.29, 0.717) is 13.1 Å². The van der Waals surface area contributed by atoms with Gasteiger partial charge in [-0.25, -0.2) is 4.79 Å². The highest BCUT2D eigenvalue weighted by Crippen LogP contribution is 2.25. The van der Waals surface area contributed by atoms with Gasteiger partial charge in [-0.2, -0.15) is 0 Å². The molecule has 0 spiro atoms. The van der Waals surface area contributed by atoms with Gasteiger partial charge < -0.3 is 15.3 Å². The summed E-state index contributed by atoms with van der Waals surface area (Å²) >= 11 is 0. The number of carbonyl (C=O) groups is 1. The summed E-state index contributed by atoms with van der Waals surface area (Å²) in [4.78, 5) is 12.5. The van der Waals surface area contributed by atoms with Crippen molar-refractivity contribution in [2.45, 2.75) is 25.4 Å². The minimum atomic E-state index is -0.822. The Kier molecular flexibility index (Phi) is 3.80. The minimum absolute atomic E-state index is 0.204. The number of hydrogen-bond donors (Lipinski definition) is 2. The molecule has 0 saturated carbocycles. The van der Waals surface area contributed by atoms with E-state index in [2.05, 4.69) is 48.6 Å². The molecule has 4 heteroatoms. The zero-order chi connectivity index (χ0) is 14.8. The third kappa shape index (κ3) is 2.85. The van der Waals surface area contributed by atoms with Crippen LogP contribution in [0.5, 0.6) is 0 Å². The monoisotopic (exact) mass is 284 g/mol. The molecule has 4 nitrogen and oxygen atoms in total. The normalized spacial score (nSPS) is 19.9. The predicted molar refractivity (Wildman–Crippen MR) is 83.5 cm³/mol.